The van der Waals surface area contributed by atoms with Crippen LogP contribution in [0.25, 0.3) is 0 Å². The minimum absolute atomic E-state index is 0.0249. The van der Waals surface area contributed by atoms with Gasteiger partial charge in [-0.15, -0.1) is 0 Å². The summed E-state index contributed by atoms with van der Waals surface area (Å²) in [5.74, 6) is -0.0962. The quantitative estimate of drug-likeness (QED) is 0.758. The number of sulfonamides is 1. The van der Waals surface area contributed by atoms with Gasteiger partial charge < -0.3 is 9.64 Å². The largest absolute Gasteiger partial charge is 0.495 e. The van der Waals surface area contributed by atoms with Gasteiger partial charge in [0.05, 0.1) is 17.7 Å². The number of ether oxygens (including phenoxy) is 1. The minimum Gasteiger partial charge on any atom is -0.495 e. The Morgan fingerprint density at radius 1 is 1.22 bits per heavy atom. The molecule has 1 aliphatic heterocycles. The van der Waals surface area contributed by atoms with Crippen LogP contribution >= 0.6 is 0 Å². The van der Waals surface area contributed by atoms with Crippen LogP contribution in [0, 0.1) is 5.82 Å². The lowest BCUT2D eigenvalue weighted by Crippen LogP contribution is -2.28. The number of carbonyl (C=O) groups is 1. The van der Waals surface area contributed by atoms with E-state index in [0.717, 1.165) is 4.31 Å². The van der Waals surface area contributed by atoms with E-state index in [-0.39, 0.29) is 22.9 Å². The highest BCUT2D eigenvalue weighted by atomic mass is 32.2. The smallest absolute Gasteiger partial charge is 0.243 e. The van der Waals surface area contributed by atoms with Crippen molar-refractivity contribution in [1.82, 2.24) is 4.31 Å². The van der Waals surface area contributed by atoms with Crippen molar-refractivity contribution in [2.24, 2.45) is 0 Å². The first-order chi connectivity index (χ1) is 12.8. The molecule has 0 atom stereocenters. The molecule has 1 saturated heterocycles. The van der Waals surface area contributed by atoms with Gasteiger partial charge in [-0.25, -0.2) is 12.8 Å². The topological polar surface area (TPSA) is 66.9 Å². The van der Waals surface area contributed by atoms with Gasteiger partial charge in [-0.05, 0) is 30.7 Å². The van der Waals surface area contributed by atoms with Crippen molar-refractivity contribution in [3.63, 3.8) is 0 Å². The molecule has 6 nitrogen and oxygen atoms in total. The van der Waals surface area contributed by atoms with Crippen molar-refractivity contribution in [2.75, 3.05) is 25.6 Å². The van der Waals surface area contributed by atoms with E-state index in [4.69, 9.17) is 4.74 Å². The summed E-state index contributed by atoms with van der Waals surface area (Å²) in [5.41, 5.74) is 0.715. The second-order valence-electron chi connectivity index (χ2n) is 6.34. The van der Waals surface area contributed by atoms with E-state index in [1.165, 1.54) is 43.3 Å². The maximum atomic E-state index is 13.9. The molecule has 1 aliphatic rings. The third-order valence-corrected chi connectivity index (χ3v) is 6.37. The molecule has 0 unspecified atom stereocenters. The van der Waals surface area contributed by atoms with Gasteiger partial charge in [-0.2, -0.15) is 4.31 Å². The Balaban J connectivity index is 1.94. The van der Waals surface area contributed by atoms with Crippen LogP contribution in [0.1, 0.15) is 18.4 Å². The fraction of sp³-hybridized carbons (Fsp3) is 0.316. The molecule has 8 heteroatoms. The van der Waals surface area contributed by atoms with Gasteiger partial charge in [-0.1, -0.05) is 18.2 Å². The summed E-state index contributed by atoms with van der Waals surface area (Å²) in [6.45, 7) is 0.419. The number of anilines is 1. The second-order valence-corrected chi connectivity index (χ2v) is 8.38. The maximum Gasteiger partial charge on any atom is 0.243 e. The van der Waals surface area contributed by atoms with E-state index >= 15 is 0 Å². The molecule has 1 fully saturated rings. The van der Waals surface area contributed by atoms with Gasteiger partial charge in [0.15, 0.2) is 0 Å². The van der Waals surface area contributed by atoms with E-state index in [0.29, 0.717) is 30.8 Å². The lowest BCUT2D eigenvalue weighted by atomic mass is 10.2. The van der Waals surface area contributed by atoms with Crippen molar-refractivity contribution >= 4 is 21.6 Å². The summed E-state index contributed by atoms with van der Waals surface area (Å²) in [7, 11) is -1.01. The number of benzene rings is 2. The molecule has 0 saturated carbocycles. The Morgan fingerprint density at radius 3 is 2.59 bits per heavy atom. The van der Waals surface area contributed by atoms with Crippen LogP contribution in [-0.4, -0.2) is 39.3 Å². The average Bonchev–Trinajstić information content (AvgIpc) is 3.08. The molecule has 2 aromatic carbocycles. The summed E-state index contributed by atoms with van der Waals surface area (Å²) >= 11 is 0. The molecule has 2 aromatic rings. The first kappa shape index (κ1) is 19.3. The molecule has 1 amide bonds. The fourth-order valence-corrected chi connectivity index (χ4v) is 4.24. The monoisotopic (exact) mass is 392 g/mol. The summed E-state index contributed by atoms with van der Waals surface area (Å²) in [6, 6.07) is 10.4. The predicted octanol–water partition coefficient (Wildman–Crippen LogP) is 2.78. The number of carbonyl (C=O) groups excluding carboxylic acids is 1. The molecule has 0 aliphatic carbocycles. The van der Waals surface area contributed by atoms with Crippen LogP contribution < -0.4 is 9.64 Å². The summed E-state index contributed by atoms with van der Waals surface area (Å²) in [6.07, 6.45) is 1.14. The molecule has 1 heterocycles. The lowest BCUT2D eigenvalue weighted by molar-refractivity contribution is -0.117. The van der Waals surface area contributed by atoms with Crippen LogP contribution in [0.3, 0.4) is 0 Å². The molecule has 0 bridgehead atoms. The van der Waals surface area contributed by atoms with E-state index < -0.39 is 15.8 Å². The van der Waals surface area contributed by atoms with Crippen molar-refractivity contribution in [3.05, 3.63) is 53.8 Å². The average molecular weight is 392 g/mol. The Labute approximate surface area is 158 Å². The van der Waals surface area contributed by atoms with Crippen molar-refractivity contribution in [3.8, 4) is 5.75 Å². The van der Waals surface area contributed by atoms with Gasteiger partial charge >= 0.3 is 0 Å². The van der Waals surface area contributed by atoms with E-state index in [1.807, 2.05) is 0 Å². The second kappa shape index (κ2) is 7.66. The number of methoxy groups -OCH3 is 1. The minimum atomic E-state index is -3.88. The summed E-state index contributed by atoms with van der Waals surface area (Å²) < 4.78 is 46.2. The highest BCUT2D eigenvalue weighted by Crippen LogP contribution is 2.34. The molecule has 3 rings (SSSR count). The van der Waals surface area contributed by atoms with Crippen LogP contribution in [0.15, 0.2) is 47.4 Å². The number of amides is 1. The molecule has 27 heavy (non-hydrogen) atoms. The molecule has 0 radical (unpaired) electrons. The zero-order valence-corrected chi connectivity index (χ0v) is 16.0. The van der Waals surface area contributed by atoms with Crippen molar-refractivity contribution in [1.29, 1.82) is 0 Å². The Hall–Kier alpha value is -2.45. The van der Waals surface area contributed by atoms with E-state index in [1.54, 1.807) is 18.2 Å². The standard InChI is InChI=1S/C19H21FN2O4S/c1-21(13-14-6-3-4-7-16(14)20)27(24,25)15-9-10-18(26-2)17(12-15)22-11-5-8-19(22)23/h3-4,6-7,9-10,12H,5,8,11,13H2,1-2H3. The van der Waals surface area contributed by atoms with Crippen LogP contribution in [0.5, 0.6) is 5.75 Å². The molecular weight excluding hydrogens is 371 g/mol. The first-order valence-electron chi connectivity index (χ1n) is 8.52. The van der Waals surface area contributed by atoms with Crippen LogP contribution in [0.4, 0.5) is 10.1 Å². The van der Waals surface area contributed by atoms with Gasteiger partial charge in [-0.3, -0.25) is 4.79 Å². The van der Waals surface area contributed by atoms with E-state index in [2.05, 4.69) is 0 Å². The number of hydrogen-bond donors (Lipinski definition) is 0. The Kier molecular flexibility index (Phi) is 5.48. The predicted molar refractivity (Wildman–Crippen MR) is 99.6 cm³/mol. The van der Waals surface area contributed by atoms with E-state index in [9.17, 15) is 17.6 Å². The number of hydrogen-bond acceptors (Lipinski definition) is 4. The van der Waals surface area contributed by atoms with Crippen molar-refractivity contribution < 1.29 is 22.3 Å². The Bertz CT molecular complexity index is 962. The number of nitrogens with zero attached hydrogens (tertiary/aromatic N) is 2. The maximum absolute atomic E-state index is 13.9. The van der Waals surface area contributed by atoms with Gasteiger partial charge in [0.1, 0.15) is 11.6 Å². The molecular formula is C19H21FN2O4S. The molecule has 0 N–H and O–H groups in total. The number of rotatable bonds is 6. The van der Waals surface area contributed by atoms with Crippen LogP contribution in [0.2, 0.25) is 0 Å². The summed E-state index contributed by atoms with van der Waals surface area (Å²) in [4.78, 5) is 13.6. The highest BCUT2D eigenvalue weighted by Gasteiger charge is 2.28. The third-order valence-electron chi connectivity index (χ3n) is 4.57. The normalized spacial score (nSPS) is 14.8. The first-order valence-corrected chi connectivity index (χ1v) is 9.96. The molecule has 0 aromatic heterocycles. The fourth-order valence-electron chi connectivity index (χ4n) is 3.08. The third kappa shape index (κ3) is 3.81. The SMILES string of the molecule is COc1ccc(S(=O)(=O)N(C)Cc2ccccc2F)cc1N1CCCC1=O. The Morgan fingerprint density at radius 2 is 1.96 bits per heavy atom. The zero-order valence-electron chi connectivity index (χ0n) is 15.2. The van der Waals surface area contributed by atoms with Crippen LogP contribution in [-0.2, 0) is 21.4 Å². The molecule has 144 valence electrons. The summed E-state index contributed by atoms with van der Waals surface area (Å²) in [5, 5.41) is 0. The van der Waals surface area contributed by atoms with Crippen molar-refractivity contribution in [2.45, 2.75) is 24.3 Å². The van der Waals surface area contributed by atoms with Gasteiger partial charge in [0.25, 0.3) is 0 Å². The van der Waals surface area contributed by atoms with Gasteiger partial charge in [0.2, 0.25) is 15.9 Å². The lowest BCUT2D eigenvalue weighted by Gasteiger charge is -2.22. The number of halogens is 1. The molecule has 0 spiro atoms. The van der Waals surface area contributed by atoms with Gasteiger partial charge in [0, 0.05) is 32.1 Å². The highest BCUT2D eigenvalue weighted by molar-refractivity contribution is 7.89. The zero-order chi connectivity index (χ0) is 19.6.